The number of hydrogen-bond acceptors (Lipinski definition) is 3. The molecule has 0 aliphatic rings. The minimum absolute atomic E-state index is 0.233. The van der Waals surface area contributed by atoms with Gasteiger partial charge in [-0.2, -0.15) is 0 Å². The minimum Gasteiger partial charge on any atom is -0.496 e. The molecule has 2 aromatic carbocycles. The van der Waals surface area contributed by atoms with Crippen molar-refractivity contribution in [3.63, 3.8) is 0 Å². The molecule has 134 valence electrons. The summed E-state index contributed by atoms with van der Waals surface area (Å²) >= 11 is 0. The maximum Gasteiger partial charge on any atom is 0.259 e. The van der Waals surface area contributed by atoms with E-state index in [1.807, 2.05) is 76.3 Å². The molecule has 0 saturated carbocycles. The summed E-state index contributed by atoms with van der Waals surface area (Å²) in [5, 5.41) is 2.95. The Hall–Kier alpha value is -3.80. The van der Waals surface area contributed by atoms with Crippen molar-refractivity contribution in [2.24, 2.45) is 0 Å². The third kappa shape index (κ3) is 3.46. The molecule has 0 saturated heterocycles. The number of methoxy groups -OCH3 is 1. The molecule has 6 nitrogen and oxygen atoms in total. The standard InChI is InChI=1S/C21H18N4O2/c1-27-20-8-7-18(24-10-2-3-11-24)14-19(20)21(26)23-16-5-4-6-17(13-16)25-12-9-22-15-25/h2-15H,1H3,(H,23,26). The number of hydrogen-bond donors (Lipinski definition) is 1. The lowest BCUT2D eigenvalue weighted by atomic mass is 10.1. The molecule has 1 amide bonds. The first-order valence-electron chi connectivity index (χ1n) is 8.46. The van der Waals surface area contributed by atoms with Crippen molar-refractivity contribution in [3.05, 3.63) is 91.3 Å². The first-order valence-corrected chi connectivity index (χ1v) is 8.46. The Balaban J connectivity index is 1.63. The number of nitrogens with zero attached hydrogens (tertiary/aromatic N) is 3. The molecular formula is C21H18N4O2. The Morgan fingerprint density at radius 3 is 2.52 bits per heavy atom. The Morgan fingerprint density at radius 2 is 1.78 bits per heavy atom. The highest BCUT2D eigenvalue weighted by molar-refractivity contribution is 6.06. The van der Waals surface area contributed by atoms with Crippen LogP contribution in [0, 0.1) is 0 Å². The number of carbonyl (C=O) groups excluding carboxylic acids is 1. The predicted molar refractivity (Wildman–Crippen MR) is 104 cm³/mol. The van der Waals surface area contributed by atoms with E-state index in [-0.39, 0.29) is 5.91 Å². The van der Waals surface area contributed by atoms with Crippen LogP contribution in [0.25, 0.3) is 11.4 Å². The number of benzene rings is 2. The Morgan fingerprint density at radius 1 is 0.963 bits per heavy atom. The number of anilines is 1. The molecule has 2 heterocycles. The maximum atomic E-state index is 12.9. The Kier molecular flexibility index (Phi) is 4.45. The van der Waals surface area contributed by atoms with Crippen LogP contribution >= 0.6 is 0 Å². The van der Waals surface area contributed by atoms with Gasteiger partial charge in [-0.05, 0) is 48.5 Å². The summed E-state index contributed by atoms with van der Waals surface area (Å²) in [5.41, 5.74) is 2.97. The molecule has 0 unspecified atom stereocenters. The van der Waals surface area contributed by atoms with E-state index >= 15 is 0 Å². The third-order valence-corrected chi connectivity index (χ3v) is 4.24. The van der Waals surface area contributed by atoms with Crippen LogP contribution < -0.4 is 10.1 Å². The van der Waals surface area contributed by atoms with E-state index in [0.29, 0.717) is 17.0 Å². The summed E-state index contributed by atoms with van der Waals surface area (Å²) in [6.07, 6.45) is 9.13. The lowest BCUT2D eigenvalue weighted by Gasteiger charge is -2.13. The van der Waals surface area contributed by atoms with Crippen LogP contribution in [0.15, 0.2) is 85.7 Å². The van der Waals surface area contributed by atoms with Gasteiger partial charge in [0.2, 0.25) is 0 Å². The number of aromatic nitrogens is 3. The number of ether oxygens (including phenoxy) is 1. The molecule has 2 aromatic heterocycles. The number of amides is 1. The third-order valence-electron chi connectivity index (χ3n) is 4.24. The second-order valence-corrected chi connectivity index (χ2v) is 5.95. The summed E-state index contributed by atoms with van der Waals surface area (Å²) in [6.45, 7) is 0. The van der Waals surface area contributed by atoms with E-state index in [0.717, 1.165) is 11.4 Å². The monoisotopic (exact) mass is 358 g/mol. The summed E-state index contributed by atoms with van der Waals surface area (Å²) in [5.74, 6) is 0.290. The summed E-state index contributed by atoms with van der Waals surface area (Å²) in [7, 11) is 1.56. The fraction of sp³-hybridized carbons (Fsp3) is 0.0476. The smallest absolute Gasteiger partial charge is 0.259 e. The molecule has 0 radical (unpaired) electrons. The fourth-order valence-electron chi connectivity index (χ4n) is 2.90. The van der Waals surface area contributed by atoms with E-state index in [1.54, 1.807) is 25.7 Å². The van der Waals surface area contributed by atoms with Crippen molar-refractivity contribution in [2.45, 2.75) is 0 Å². The molecule has 0 bridgehead atoms. The highest BCUT2D eigenvalue weighted by Crippen LogP contribution is 2.24. The van der Waals surface area contributed by atoms with Gasteiger partial charge in [-0.15, -0.1) is 0 Å². The molecule has 0 spiro atoms. The molecule has 0 fully saturated rings. The minimum atomic E-state index is -0.233. The molecule has 4 rings (SSSR count). The summed E-state index contributed by atoms with van der Waals surface area (Å²) in [6, 6.07) is 17.0. The normalized spacial score (nSPS) is 10.6. The lowest BCUT2D eigenvalue weighted by Crippen LogP contribution is -2.14. The summed E-state index contributed by atoms with van der Waals surface area (Å²) < 4.78 is 9.19. The highest BCUT2D eigenvalue weighted by Gasteiger charge is 2.14. The first-order chi connectivity index (χ1) is 13.2. The van der Waals surface area contributed by atoms with Crippen molar-refractivity contribution < 1.29 is 9.53 Å². The molecule has 0 aliphatic carbocycles. The van der Waals surface area contributed by atoms with E-state index < -0.39 is 0 Å². The molecule has 0 aliphatic heterocycles. The van der Waals surface area contributed by atoms with Crippen molar-refractivity contribution in [1.82, 2.24) is 14.1 Å². The van der Waals surface area contributed by atoms with Gasteiger partial charge in [0, 0.05) is 41.8 Å². The number of carbonyl (C=O) groups is 1. The molecule has 0 atom stereocenters. The molecule has 6 heteroatoms. The van der Waals surface area contributed by atoms with Crippen LogP contribution in [-0.2, 0) is 0 Å². The van der Waals surface area contributed by atoms with Crippen LogP contribution in [0.1, 0.15) is 10.4 Å². The van der Waals surface area contributed by atoms with Crippen LogP contribution in [0.2, 0.25) is 0 Å². The highest BCUT2D eigenvalue weighted by atomic mass is 16.5. The Bertz CT molecular complexity index is 1050. The number of rotatable bonds is 5. The van der Waals surface area contributed by atoms with Crippen molar-refractivity contribution in [1.29, 1.82) is 0 Å². The molecule has 1 N–H and O–H groups in total. The van der Waals surface area contributed by atoms with Gasteiger partial charge in [-0.25, -0.2) is 4.98 Å². The SMILES string of the molecule is COc1ccc(-n2cccc2)cc1C(=O)Nc1cccc(-n2ccnc2)c1. The number of nitrogens with one attached hydrogen (secondary N) is 1. The van der Waals surface area contributed by atoms with E-state index in [1.165, 1.54) is 0 Å². The topological polar surface area (TPSA) is 61.1 Å². The van der Waals surface area contributed by atoms with Gasteiger partial charge in [0.25, 0.3) is 5.91 Å². The van der Waals surface area contributed by atoms with Crippen LogP contribution in [0.4, 0.5) is 5.69 Å². The Labute approximate surface area is 156 Å². The van der Waals surface area contributed by atoms with Crippen molar-refractivity contribution in [3.8, 4) is 17.1 Å². The zero-order valence-corrected chi connectivity index (χ0v) is 14.7. The zero-order chi connectivity index (χ0) is 18.6. The largest absolute Gasteiger partial charge is 0.496 e. The molecular weight excluding hydrogens is 340 g/mol. The molecule has 27 heavy (non-hydrogen) atoms. The summed E-state index contributed by atoms with van der Waals surface area (Å²) in [4.78, 5) is 16.9. The first kappa shape index (κ1) is 16.7. The quantitative estimate of drug-likeness (QED) is 0.588. The maximum absolute atomic E-state index is 12.9. The van der Waals surface area contributed by atoms with Crippen LogP contribution in [0.5, 0.6) is 5.75 Å². The molecule has 4 aromatic rings. The van der Waals surface area contributed by atoms with Gasteiger partial charge < -0.3 is 19.2 Å². The fourth-order valence-corrected chi connectivity index (χ4v) is 2.90. The van der Waals surface area contributed by atoms with Gasteiger partial charge >= 0.3 is 0 Å². The second kappa shape index (κ2) is 7.21. The average molecular weight is 358 g/mol. The van der Waals surface area contributed by atoms with E-state index in [4.69, 9.17) is 4.74 Å². The van der Waals surface area contributed by atoms with Gasteiger partial charge in [-0.1, -0.05) is 6.07 Å². The lowest BCUT2D eigenvalue weighted by molar-refractivity contribution is 0.102. The van der Waals surface area contributed by atoms with E-state index in [2.05, 4.69) is 10.3 Å². The van der Waals surface area contributed by atoms with Crippen molar-refractivity contribution in [2.75, 3.05) is 12.4 Å². The predicted octanol–water partition coefficient (Wildman–Crippen LogP) is 3.92. The van der Waals surface area contributed by atoms with Gasteiger partial charge in [0.1, 0.15) is 5.75 Å². The van der Waals surface area contributed by atoms with Crippen molar-refractivity contribution >= 4 is 11.6 Å². The van der Waals surface area contributed by atoms with Gasteiger partial charge in [0.15, 0.2) is 0 Å². The number of imidazole rings is 1. The van der Waals surface area contributed by atoms with Gasteiger partial charge in [-0.3, -0.25) is 4.79 Å². The van der Waals surface area contributed by atoms with Gasteiger partial charge in [0.05, 0.1) is 19.0 Å². The van der Waals surface area contributed by atoms with Crippen LogP contribution in [-0.4, -0.2) is 27.1 Å². The van der Waals surface area contributed by atoms with E-state index in [9.17, 15) is 4.79 Å². The average Bonchev–Trinajstić information content (AvgIpc) is 3.41. The second-order valence-electron chi connectivity index (χ2n) is 5.95. The zero-order valence-electron chi connectivity index (χ0n) is 14.7. The van der Waals surface area contributed by atoms with Crippen LogP contribution in [0.3, 0.4) is 0 Å².